The van der Waals surface area contributed by atoms with Gasteiger partial charge in [0.15, 0.2) is 5.69 Å². The number of carbonyl (C=O) groups excluding carboxylic acids is 1. The Balaban J connectivity index is 2.02. The molecule has 2 rings (SSSR count). The van der Waals surface area contributed by atoms with Crippen LogP contribution in [-0.2, 0) is 16.1 Å². The molecule has 1 aromatic heterocycles. The molecule has 0 bridgehead atoms. The van der Waals surface area contributed by atoms with Crippen LogP contribution in [0.15, 0.2) is 34.7 Å². The zero-order valence-electron chi connectivity index (χ0n) is 11.8. The van der Waals surface area contributed by atoms with E-state index >= 15 is 0 Å². The number of nitrogens with zero attached hydrogens (tertiary/aromatic N) is 1. The lowest BCUT2D eigenvalue weighted by Gasteiger charge is -2.09. The van der Waals surface area contributed by atoms with E-state index in [4.69, 9.17) is 9.15 Å². The van der Waals surface area contributed by atoms with Gasteiger partial charge in [-0.25, -0.2) is 9.78 Å². The minimum atomic E-state index is -0.507. The largest absolute Gasteiger partial charge is 0.464 e. The Morgan fingerprint density at radius 1 is 1.35 bits per heavy atom. The van der Waals surface area contributed by atoms with Gasteiger partial charge in [-0.1, -0.05) is 30.3 Å². The molecule has 0 N–H and O–H groups in total. The second kappa shape index (κ2) is 6.34. The third-order valence-electron chi connectivity index (χ3n) is 2.88. The number of ether oxygens (including phenoxy) is 2. The Morgan fingerprint density at radius 2 is 2.05 bits per heavy atom. The maximum Gasteiger partial charge on any atom is 0.360 e. The molecule has 1 heterocycles. The van der Waals surface area contributed by atoms with Crippen LogP contribution in [0.4, 0.5) is 0 Å². The lowest BCUT2D eigenvalue weighted by Crippen LogP contribution is -2.05. The molecule has 0 radical (unpaired) electrons. The minimum Gasteiger partial charge on any atom is -0.464 e. The van der Waals surface area contributed by atoms with Gasteiger partial charge in [-0.15, -0.1) is 0 Å². The predicted molar refractivity (Wildman–Crippen MR) is 72.2 cm³/mol. The number of aryl methyl sites for hydroxylation is 1. The van der Waals surface area contributed by atoms with Crippen molar-refractivity contribution in [3.63, 3.8) is 0 Å². The first kappa shape index (κ1) is 14.3. The van der Waals surface area contributed by atoms with Crippen LogP contribution in [0.3, 0.4) is 0 Å². The van der Waals surface area contributed by atoms with Gasteiger partial charge in [0.05, 0.1) is 13.7 Å². The SMILES string of the molecule is COC(=O)c1nc(C(C)OCc2ccccc2)oc1C. The van der Waals surface area contributed by atoms with E-state index in [2.05, 4.69) is 9.72 Å². The molecule has 0 amide bonds. The molecular formula is C15H17NO4. The van der Waals surface area contributed by atoms with Crippen LogP contribution >= 0.6 is 0 Å². The third-order valence-corrected chi connectivity index (χ3v) is 2.88. The third kappa shape index (κ3) is 3.24. The van der Waals surface area contributed by atoms with E-state index in [1.807, 2.05) is 37.3 Å². The molecule has 0 saturated heterocycles. The highest BCUT2D eigenvalue weighted by Crippen LogP contribution is 2.21. The summed E-state index contributed by atoms with van der Waals surface area (Å²) in [5.74, 6) is 0.300. The van der Waals surface area contributed by atoms with Crippen LogP contribution in [0, 0.1) is 6.92 Å². The van der Waals surface area contributed by atoms with Crippen molar-refractivity contribution >= 4 is 5.97 Å². The van der Waals surface area contributed by atoms with Crippen molar-refractivity contribution in [1.82, 2.24) is 4.98 Å². The van der Waals surface area contributed by atoms with Crippen LogP contribution in [-0.4, -0.2) is 18.1 Å². The van der Waals surface area contributed by atoms with Gasteiger partial charge in [0.2, 0.25) is 5.89 Å². The summed E-state index contributed by atoms with van der Waals surface area (Å²) in [6.45, 7) is 3.96. The smallest absolute Gasteiger partial charge is 0.360 e. The first-order valence-corrected chi connectivity index (χ1v) is 6.33. The molecule has 0 spiro atoms. The van der Waals surface area contributed by atoms with E-state index in [0.717, 1.165) is 5.56 Å². The number of methoxy groups -OCH3 is 1. The lowest BCUT2D eigenvalue weighted by atomic mass is 10.2. The Labute approximate surface area is 117 Å². The van der Waals surface area contributed by atoms with Crippen molar-refractivity contribution in [2.24, 2.45) is 0 Å². The summed E-state index contributed by atoms with van der Waals surface area (Å²) in [5, 5.41) is 0. The maximum atomic E-state index is 11.5. The van der Waals surface area contributed by atoms with Crippen molar-refractivity contribution in [2.45, 2.75) is 26.6 Å². The molecule has 0 aliphatic heterocycles. The van der Waals surface area contributed by atoms with E-state index in [9.17, 15) is 4.79 Å². The van der Waals surface area contributed by atoms with Gasteiger partial charge in [0.1, 0.15) is 11.9 Å². The van der Waals surface area contributed by atoms with E-state index in [0.29, 0.717) is 18.3 Å². The van der Waals surface area contributed by atoms with Gasteiger partial charge in [-0.3, -0.25) is 0 Å². The summed E-state index contributed by atoms with van der Waals surface area (Å²) >= 11 is 0. The molecular weight excluding hydrogens is 258 g/mol. The molecule has 1 atom stereocenters. The minimum absolute atomic E-state index is 0.192. The fourth-order valence-electron chi connectivity index (χ4n) is 1.74. The van der Waals surface area contributed by atoms with Crippen LogP contribution in [0.1, 0.15) is 40.7 Å². The molecule has 1 unspecified atom stereocenters. The lowest BCUT2D eigenvalue weighted by molar-refractivity contribution is 0.0340. The molecule has 0 aliphatic carbocycles. The first-order chi connectivity index (χ1) is 9.61. The molecule has 0 saturated carbocycles. The fraction of sp³-hybridized carbons (Fsp3) is 0.333. The number of carbonyl (C=O) groups is 1. The van der Waals surface area contributed by atoms with Crippen molar-refractivity contribution in [1.29, 1.82) is 0 Å². The average Bonchev–Trinajstić information content (AvgIpc) is 2.87. The van der Waals surface area contributed by atoms with Gasteiger partial charge in [-0.2, -0.15) is 0 Å². The monoisotopic (exact) mass is 275 g/mol. The highest BCUT2D eigenvalue weighted by molar-refractivity contribution is 5.88. The number of hydrogen-bond acceptors (Lipinski definition) is 5. The summed E-state index contributed by atoms with van der Waals surface area (Å²) < 4.78 is 15.8. The van der Waals surface area contributed by atoms with Crippen LogP contribution in [0.5, 0.6) is 0 Å². The summed E-state index contributed by atoms with van der Waals surface area (Å²) in [6, 6.07) is 9.82. The van der Waals surface area contributed by atoms with Gasteiger partial charge >= 0.3 is 5.97 Å². The Kier molecular flexibility index (Phi) is 4.53. The summed E-state index contributed by atoms with van der Waals surface area (Å²) in [7, 11) is 1.31. The zero-order chi connectivity index (χ0) is 14.5. The van der Waals surface area contributed by atoms with E-state index in [-0.39, 0.29) is 11.8 Å². The van der Waals surface area contributed by atoms with Crippen molar-refractivity contribution in [3.05, 3.63) is 53.2 Å². The van der Waals surface area contributed by atoms with Crippen LogP contribution in [0.25, 0.3) is 0 Å². The number of hydrogen-bond donors (Lipinski definition) is 0. The Bertz CT molecular complexity index is 577. The molecule has 0 fully saturated rings. The van der Waals surface area contributed by atoms with Crippen molar-refractivity contribution < 1.29 is 18.7 Å². The number of oxazole rings is 1. The number of aromatic nitrogens is 1. The highest BCUT2D eigenvalue weighted by Gasteiger charge is 2.21. The van der Waals surface area contributed by atoms with Crippen molar-refractivity contribution in [2.75, 3.05) is 7.11 Å². The van der Waals surface area contributed by atoms with Gasteiger partial charge in [-0.05, 0) is 19.4 Å². The predicted octanol–water partition coefficient (Wildman–Crippen LogP) is 3.05. The van der Waals surface area contributed by atoms with Crippen LogP contribution in [0.2, 0.25) is 0 Å². The van der Waals surface area contributed by atoms with E-state index in [1.54, 1.807) is 6.92 Å². The number of benzene rings is 1. The molecule has 106 valence electrons. The number of esters is 1. The topological polar surface area (TPSA) is 61.6 Å². The molecule has 0 aliphatic rings. The molecule has 20 heavy (non-hydrogen) atoms. The Hall–Kier alpha value is -2.14. The molecule has 5 heteroatoms. The summed E-state index contributed by atoms with van der Waals surface area (Å²) in [5.41, 5.74) is 1.26. The highest BCUT2D eigenvalue weighted by atomic mass is 16.5. The van der Waals surface area contributed by atoms with E-state index < -0.39 is 5.97 Å². The first-order valence-electron chi connectivity index (χ1n) is 6.33. The van der Waals surface area contributed by atoms with E-state index in [1.165, 1.54) is 7.11 Å². The average molecular weight is 275 g/mol. The summed E-state index contributed by atoms with van der Waals surface area (Å²) in [6.07, 6.45) is -0.340. The van der Waals surface area contributed by atoms with Gasteiger partial charge < -0.3 is 13.9 Å². The van der Waals surface area contributed by atoms with Gasteiger partial charge in [0.25, 0.3) is 0 Å². The standard InChI is InChI=1S/C15H17NO4/c1-10-13(15(17)18-3)16-14(20-10)11(2)19-9-12-7-5-4-6-8-12/h4-8,11H,9H2,1-3H3. The molecule has 5 nitrogen and oxygen atoms in total. The second-order valence-corrected chi connectivity index (χ2v) is 4.39. The second-order valence-electron chi connectivity index (χ2n) is 4.39. The molecule has 2 aromatic rings. The zero-order valence-corrected chi connectivity index (χ0v) is 11.8. The van der Waals surface area contributed by atoms with Crippen LogP contribution < -0.4 is 0 Å². The summed E-state index contributed by atoms with van der Waals surface area (Å²) in [4.78, 5) is 15.6. The molecule has 1 aromatic carbocycles. The Morgan fingerprint density at radius 3 is 2.70 bits per heavy atom. The number of rotatable bonds is 5. The quantitative estimate of drug-likeness (QED) is 0.785. The van der Waals surface area contributed by atoms with Gasteiger partial charge in [0, 0.05) is 0 Å². The fourth-order valence-corrected chi connectivity index (χ4v) is 1.74. The normalized spacial score (nSPS) is 12.2. The van der Waals surface area contributed by atoms with Crippen molar-refractivity contribution in [3.8, 4) is 0 Å². The maximum absolute atomic E-state index is 11.5.